The fourth-order valence-electron chi connectivity index (χ4n) is 2.34. The van der Waals surface area contributed by atoms with Gasteiger partial charge in [-0.25, -0.2) is 0 Å². The smallest absolute Gasteiger partial charge is 0.0571 e. The highest BCUT2D eigenvalue weighted by atomic mass is 16.3. The van der Waals surface area contributed by atoms with Crippen LogP contribution >= 0.6 is 0 Å². The number of hydrogen-bond acceptors (Lipinski definition) is 2. The van der Waals surface area contributed by atoms with E-state index >= 15 is 0 Å². The normalized spacial score (nSPS) is 16.9. The number of nitrogens with one attached hydrogen (secondary N) is 1. The molecule has 1 atom stereocenters. The second kappa shape index (κ2) is 5.54. The van der Waals surface area contributed by atoms with Crippen LogP contribution in [0.4, 0.5) is 5.69 Å². The standard InChI is InChI=1S/C15H23NO/c1-3-11-4-8-14(16-2)13(10-11)7-9-15(17)12-5-6-12/h4,8,10,12,15-17H,3,5-7,9H2,1-2H3. The van der Waals surface area contributed by atoms with Gasteiger partial charge in [0, 0.05) is 12.7 Å². The first-order valence-electron chi connectivity index (χ1n) is 6.72. The molecule has 0 spiro atoms. The fourth-order valence-corrected chi connectivity index (χ4v) is 2.34. The topological polar surface area (TPSA) is 32.3 Å². The summed E-state index contributed by atoms with van der Waals surface area (Å²) in [7, 11) is 1.96. The maximum atomic E-state index is 9.92. The molecule has 0 aromatic heterocycles. The molecule has 17 heavy (non-hydrogen) atoms. The molecular formula is C15H23NO. The van der Waals surface area contributed by atoms with E-state index in [0.717, 1.165) is 19.3 Å². The maximum absolute atomic E-state index is 9.92. The Hall–Kier alpha value is -1.02. The Morgan fingerprint density at radius 1 is 1.41 bits per heavy atom. The predicted octanol–water partition coefficient (Wildman–Crippen LogP) is 2.99. The van der Waals surface area contributed by atoms with Crippen molar-refractivity contribution in [2.24, 2.45) is 5.92 Å². The van der Waals surface area contributed by atoms with Gasteiger partial charge in [-0.15, -0.1) is 0 Å². The Labute approximate surface area is 104 Å². The molecule has 1 unspecified atom stereocenters. The van der Waals surface area contributed by atoms with Gasteiger partial charge in [0.15, 0.2) is 0 Å². The van der Waals surface area contributed by atoms with Crippen molar-refractivity contribution in [3.63, 3.8) is 0 Å². The van der Waals surface area contributed by atoms with Crippen molar-refractivity contribution in [2.45, 2.75) is 45.1 Å². The van der Waals surface area contributed by atoms with Crippen molar-refractivity contribution >= 4 is 5.69 Å². The zero-order chi connectivity index (χ0) is 12.3. The highest BCUT2D eigenvalue weighted by Gasteiger charge is 2.29. The monoisotopic (exact) mass is 233 g/mol. The van der Waals surface area contributed by atoms with Crippen LogP contribution < -0.4 is 5.32 Å². The van der Waals surface area contributed by atoms with Crippen molar-refractivity contribution in [3.8, 4) is 0 Å². The molecule has 0 bridgehead atoms. The Kier molecular flexibility index (Phi) is 4.06. The summed E-state index contributed by atoms with van der Waals surface area (Å²) < 4.78 is 0. The van der Waals surface area contributed by atoms with Gasteiger partial charge in [0.05, 0.1) is 6.10 Å². The first-order valence-corrected chi connectivity index (χ1v) is 6.72. The van der Waals surface area contributed by atoms with Crippen molar-refractivity contribution < 1.29 is 5.11 Å². The Bertz CT molecular complexity index is 371. The Morgan fingerprint density at radius 3 is 2.76 bits per heavy atom. The van der Waals surface area contributed by atoms with Gasteiger partial charge in [0.25, 0.3) is 0 Å². The third-order valence-corrected chi connectivity index (χ3v) is 3.72. The number of aryl methyl sites for hydroxylation is 2. The molecule has 2 N–H and O–H groups in total. The van der Waals surface area contributed by atoms with Gasteiger partial charge >= 0.3 is 0 Å². The van der Waals surface area contributed by atoms with E-state index in [0.29, 0.717) is 5.92 Å². The van der Waals surface area contributed by atoms with E-state index in [4.69, 9.17) is 0 Å². The molecule has 94 valence electrons. The minimum absolute atomic E-state index is 0.0926. The van der Waals surface area contributed by atoms with E-state index in [-0.39, 0.29) is 6.10 Å². The molecule has 1 aliphatic rings. The van der Waals surface area contributed by atoms with Gasteiger partial charge in [-0.3, -0.25) is 0 Å². The molecular weight excluding hydrogens is 210 g/mol. The summed E-state index contributed by atoms with van der Waals surface area (Å²) in [6.45, 7) is 2.18. The molecule has 0 heterocycles. The van der Waals surface area contributed by atoms with Gasteiger partial charge in [-0.05, 0) is 55.2 Å². The van der Waals surface area contributed by atoms with Crippen molar-refractivity contribution in [2.75, 3.05) is 12.4 Å². The Balaban J connectivity index is 2.01. The average Bonchev–Trinajstić information content (AvgIpc) is 3.19. The van der Waals surface area contributed by atoms with Gasteiger partial charge in [-0.1, -0.05) is 19.1 Å². The molecule has 2 heteroatoms. The molecule has 2 nitrogen and oxygen atoms in total. The number of rotatable bonds is 6. The fraction of sp³-hybridized carbons (Fsp3) is 0.600. The van der Waals surface area contributed by atoms with E-state index < -0.39 is 0 Å². The van der Waals surface area contributed by atoms with E-state index in [2.05, 4.69) is 30.4 Å². The molecule has 0 saturated heterocycles. The minimum atomic E-state index is -0.0926. The van der Waals surface area contributed by atoms with E-state index in [1.54, 1.807) is 0 Å². The number of hydrogen-bond donors (Lipinski definition) is 2. The van der Waals surface area contributed by atoms with Gasteiger partial charge in [0.1, 0.15) is 0 Å². The summed E-state index contributed by atoms with van der Waals surface area (Å²) in [6, 6.07) is 6.59. The quantitative estimate of drug-likeness (QED) is 0.791. The van der Waals surface area contributed by atoms with Crippen LogP contribution in [0.1, 0.15) is 37.3 Å². The summed E-state index contributed by atoms with van der Waals surface area (Å²) in [6.07, 6.45) is 5.28. The van der Waals surface area contributed by atoms with Crippen LogP contribution in [0.25, 0.3) is 0 Å². The van der Waals surface area contributed by atoms with Crippen LogP contribution in [0.3, 0.4) is 0 Å². The lowest BCUT2D eigenvalue weighted by Crippen LogP contribution is -2.11. The third-order valence-electron chi connectivity index (χ3n) is 3.72. The largest absolute Gasteiger partial charge is 0.393 e. The van der Waals surface area contributed by atoms with E-state index in [1.165, 1.54) is 29.7 Å². The molecule has 0 amide bonds. The minimum Gasteiger partial charge on any atom is -0.393 e. The Morgan fingerprint density at radius 2 is 2.18 bits per heavy atom. The number of anilines is 1. The number of aliphatic hydroxyl groups is 1. The molecule has 0 radical (unpaired) electrons. The van der Waals surface area contributed by atoms with Gasteiger partial charge in [0.2, 0.25) is 0 Å². The van der Waals surface area contributed by atoms with Crippen molar-refractivity contribution in [1.29, 1.82) is 0 Å². The second-order valence-corrected chi connectivity index (χ2v) is 5.04. The number of aliphatic hydroxyl groups excluding tert-OH is 1. The maximum Gasteiger partial charge on any atom is 0.0571 e. The molecule has 2 rings (SSSR count). The lowest BCUT2D eigenvalue weighted by Gasteiger charge is -2.13. The summed E-state index contributed by atoms with van der Waals surface area (Å²) >= 11 is 0. The molecule has 1 fully saturated rings. The summed E-state index contributed by atoms with van der Waals surface area (Å²) in [4.78, 5) is 0. The molecule has 1 aromatic rings. The zero-order valence-electron chi connectivity index (χ0n) is 10.9. The van der Waals surface area contributed by atoms with Crippen LogP contribution in [0, 0.1) is 5.92 Å². The third kappa shape index (κ3) is 3.22. The highest BCUT2D eigenvalue weighted by molar-refractivity contribution is 5.52. The van der Waals surface area contributed by atoms with Gasteiger partial charge < -0.3 is 10.4 Å². The first-order chi connectivity index (χ1) is 8.24. The lowest BCUT2D eigenvalue weighted by molar-refractivity contribution is 0.142. The molecule has 0 aliphatic heterocycles. The SMILES string of the molecule is CCc1ccc(NC)c(CCC(O)C2CC2)c1. The summed E-state index contributed by atoms with van der Waals surface area (Å²) in [5.74, 6) is 0.586. The molecule has 1 saturated carbocycles. The lowest BCUT2D eigenvalue weighted by atomic mass is 9.99. The van der Waals surface area contributed by atoms with Crippen LogP contribution in [-0.4, -0.2) is 18.3 Å². The second-order valence-electron chi connectivity index (χ2n) is 5.04. The van der Waals surface area contributed by atoms with Crippen LogP contribution in [-0.2, 0) is 12.8 Å². The van der Waals surface area contributed by atoms with Crippen molar-refractivity contribution in [3.05, 3.63) is 29.3 Å². The van der Waals surface area contributed by atoms with Gasteiger partial charge in [-0.2, -0.15) is 0 Å². The van der Waals surface area contributed by atoms with E-state index in [1.807, 2.05) is 7.05 Å². The average molecular weight is 233 g/mol. The molecule has 1 aromatic carbocycles. The zero-order valence-corrected chi connectivity index (χ0v) is 10.9. The predicted molar refractivity (Wildman–Crippen MR) is 72.4 cm³/mol. The highest BCUT2D eigenvalue weighted by Crippen LogP contribution is 2.34. The van der Waals surface area contributed by atoms with Crippen LogP contribution in [0.15, 0.2) is 18.2 Å². The van der Waals surface area contributed by atoms with Crippen LogP contribution in [0.5, 0.6) is 0 Å². The summed E-state index contributed by atoms with van der Waals surface area (Å²) in [5, 5.41) is 13.2. The summed E-state index contributed by atoms with van der Waals surface area (Å²) in [5.41, 5.74) is 3.91. The first kappa shape index (κ1) is 12.4. The van der Waals surface area contributed by atoms with Crippen molar-refractivity contribution in [1.82, 2.24) is 0 Å². The van der Waals surface area contributed by atoms with Crippen LogP contribution in [0.2, 0.25) is 0 Å². The van der Waals surface area contributed by atoms with E-state index in [9.17, 15) is 5.11 Å². The molecule has 1 aliphatic carbocycles. The number of benzene rings is 1.